The molecule has 0 aliphatic carbocycles. The molecule has 1 aromatic heterocycles. The first-order chi connectivity index (χ1) is 10.2. The molecule has 6 heteroatoms. The average molecular weight is 289 g/mol. The van der Waals surface area contributed by atoms with Gasteiger partial charge in [-0.1, -0.05) is 17.3 Å². The molecule has 1 saturated heterocycles. The highest BCUT2D eigenvalue weighted by atomic mass is 16.5. The van der Waals surface area contributed by atoms with E-state index in [2.05, 4.69) is 15.5 Å². The van der Waals surface area contributed by atoms with Crippen molar-refractivity contribution in [1.29, 1.82) is 0 Å². The molecule has 0 spiro atoms. The van der Waals surface area contributed by atoms with Crippen molar-refractivity contribution in [3.63, 3.8) is 0 Å². The minimum Gasteiger partial charge on any atom is -0.494 e. The van der Waals surface area contributed by atoms with Gasteiger partial charge in [0.25, 0.3) is 5.89 Å². The lowest BCUT2D eigenvalue weighted by Gasteiger charge is -2.28. The maximum absolute atomic E-state index is 10.6. The summed E-state index contributed by atoms with van der Waals surface area (Å²) >= 11 is 0. The van der Waals surface area contributed by atoms with Crippen LogP contribution in [0.25, 0.3) is 11.4 Å². The van der Waals surface area contributed by atoms with E-state index in [4.69, 9.17) is 9.26 Å². The first-order valence-electron chi connectivity index (χ1n) is 7.22. The standard InChI is InChI=1S/C15H19N3O3/c1-2-20-12-6-3-5-11(9-12)13-17-14(21-18-13)15(19)7-4-8-16-10-15/h3,5-6,9,16,19H,2,4,7-8,10H2,1H3. The van der Waals surface area contributed by atoms with Crippen molar-refractivity contribution in [2.75, 3.05) is 19.7 Å². The van der Waals surface area contributed by atoms with Gasteiger partial charge < -0.3 is 19.7 Å². The molecule has 1 aromatic carbocycles. The summed E-state index contributed by atoms with van der Waals surface area (Å²) in [6.45, 7) is 3.88. The Kier molecular flexibility index (Phi) is 3.90. The lowest BCUT2D eigenvalue weighted by atomic mass is 9.94. The third-order valence-electron chi connectivity index (χ3n) is 3.59. The van der Waals surface area contributed by atoms with Gasteiger partial charge in [-0.3, -0.25) is 0 Å². The molecule has 1 aliphatic rings. The van der Waals surface area contributed by atoms with Gasteiger partial charge in [0.2, 0.25) is 5.82 Å². The van der Waals surface area contributed by atoms with Crippen molar-refractivity contribution < 1.29 is 14.4 Å². The van der Waals surface area contributed by atoms with Crippen molar-refractivity contribution >= 4 is 0 Å². The number of piperidine rings is 1. The maximum Gasteiger partial charge on any atom is 0.260 e. The molecular formula is C15H19N3O3. The molecule has 112 valence electrons. The Labute approximate surface area is 123 Å². The third kappa shape index (κ3) is 2.91. The van der Waals surface area contributed by atoms with E-state index in [1.807, 2.05) is 31.2 Å². The summed E-state index contributed by atoms with van der Waals surface area (Å²) in [7, 11) is 0. The number of rotatable bonds is 4. The predicted molar refractivity (Wildman–Crippen MR) is 76.9 cm³/mol. The lowest BCUT2D eigenvalue weighted by Crippen LogP contribution is -2.43. The van der Waals surface area contributed by atoms with Gasteiger partial charge in [0.15, 0.2) is 5.60 Å². The summed E-state index contributed by atoms with van der Waals surface area (Å²) in [4.78, 5) is 4.35. The van der Waals surface area contributed by atoms with E-state index in [0.29, 0.717) is 25.4 Å². The van der Waals surface area contributed by atoms with Crippen LogP contribution in [0.5, 0.6) is 5.75 Å². The molecule has 1 unspecified atom stereocenters. The van der Waals surface area contributed by atoms with E-state index in [9.17, 15) is 5.11 Å². The Hall–Kier alpha value is -1.92. The summed E-state index contributed by atoms with van der Waals surface area (Å²) in [6.07, 6.45) is 1.51. The number of nitrogens with one attached hydrogen (secondary N) is 1. The lowest BCUT2D eigenvalue weighted by molar-refractivity contribution is -0.0167. The SMILES string of the molecule is CCOc1cccc(-c2noc(C3(O)CCCNC3)n2)c1. The van der Waals surface area contributed by atoms with Crippen LogP contribution < -0.4 is 10.1 Å². The molecule has 1 aliphatic heterocycles. The van der Waals surface area contributed by atoms with Crippen molar-refractivity contribution in [3.8, 4) is 17.1 Å². The Morgan fingerprint density at radius 2 is 2.38 bits per heavy atom. The Morgan fingerprint density at radius 3 is 3.14 bits per heavy atom. The summed E-state index contributed by atoms with van der Waals surface area (Å²) in [5, 5.41) is 17.7. The van der Waals surface area contributed by atoms with Gasteiger partial charge in [-0.2, -0.15) is 4.98 Å². The van der Waals surface area contributed by atoms with E-state index in [0.717, 1.165) is 24.3 Å². The zero-order valence-electron chi connectivity index (χ0n) is 12.0. The van der Waals surface area contributed by atoms with Gasteiger partial charge >= 0.3 is 0 Å². The molecule has 0 bridgehead atoms. The molecule has 0 amide bonds. The second kappa shape index (κ2) is 5.83. The number of aliphatic hydroxyl groups is 1. The zero-order valence-corrected chi connectivity index (χ0v) is 12.0. The largest absolute Gasteiger partial charge is 0.494 e. The van der Waals surface area contributed by atoms with Gasteiger partial charge in [-0.15, -0.1) is 0 Å². The number of nitrogens with zero attached hydrogens (tertiary/aromatic N) is 2. The number of β-amino-alcohol motifs (C(OH)–C–C–N with tert-alkyl or cyclic N) is 1. The highest BCUT2D eigenvalue weighted by molar-refractivity contribution is 5.56. The smallest absolute Gasteiger partial charge is 0.260 e. The molecule has 2 heterocycles. The van der Waals surface area contributed by atoms with Gasteiger partial charge in [-0.25, -0.2) is 0 Å². The fourth-order valence-corrected chi connectivity index (χ4v) is 2.49. The molecule has 2 aromatic rings. The van der Waals surface area contributed by atoms with Gasteiger partial charge in [0.1, 0.15) is 5.75 Å². The number of benzene rings is 1. The van der Waals surface area contributed by atoms with Crippen molar-refractivity contribution in [2.24, 2.45) is 0 Å². The Bertz CT molecular complexity index is 606. The van der Waals surface area contributed by atoms with Crippen LogP contribution >= 0.6 is 0 Å². The maximum atomic E-state index is 10.6. The highest BCUT2D eigenvalue weighted by Crippen LogP contribution is 2.29. The highest BCUT2D eigenvalue weighted by Gasteiger charge is 2.37. The molecule has 1 atom stereocenters. The van der Waals surface area contributed by atoms with Crippen LogP contribution in [0, 0.1) is 0 Å². The molecular weight excluding hydrogens is 270 g/mol. The van der Waals surface area contributed by atoms with Gasteiger partial charge in [0, 0.05) is 12.1 Å². The fraction of sp³-hybridized carbons (Fsp3) is 0.467. The third-order valence-corrected chi connectivity index (χ3v) is 3.59. The van der Waals surface area contributed by atoms with Crippen LogP contribution in [0.2, 0.25) is 0 Å². The van der Waals surface area contributed by atoms with E-state index >= 15 is 0 Å². The molecule has 0 radical (unpaired) electrons. The van der Waals surface area contributed by atoms with Gasteiger partial charge in [0.05, 0.1) is 6.61 Å². The van der Waals surface area contributed by atoms with Crippen LogP contribution in [-0.4, -0.2) is 34.9 Å². The zero-order chi connectivity index (χ0) is 14.7. The van der Waals surface area contributed by atoms with Crippen LogP contribution in [0.3, 0.4) is 0 Å². The van der Waals surface area contributed by atoms with E-state index < -0.39 is 5.60 Å². The monoisotopic (exact) mass is 289 g/mol. The van der Waals surface area contributed by atoms with E-state index in [1.165, 1.54) is 0 Å². The van der Waals surface area contributed by atoms with Crippen molar-refractivity contribution in [2.45, 2.75) is 25.4 Å². The number of ether oxygens (including phenoxy) is 1. The van der Waals surface area contributed by atoms with E-state index in [1.54, 1.807) is 0 Å². The molecule has 21 heavy (non-hydrogen) atoms. The molecule has 1 fully saturated rings. The second-order valence-electron chi connectivity index (χ2n) is 5.20. The topological polar surface area (TPSA) is 80.4 Å². The van der Waals surface area contributed by atoms with Crippen molar-refractivity contribution in [1.82, 2.24) is 15.5 Å². The minimum atomic E-state index is -1.07. The normalized spacial score (nSPS) is 22.2. The van der Waals surface area contributed by atoms with Crippen molar-refractivity contribution in [3.05, 3.63) is 30.2 Å². The second-order valence-corrected chi connectivity index (χ2v) is 5.20. The molecule has 6 nitrogen and oxygen atoms in total. The molecule has 3 rings (SSSR count). The summed E-state index contributed by atoms with van der Waals surface area (Å²) in [5.41, 5.74) is -0.260. The van der Waals surface area contributed by atoms with Crippen LogP contribution in [0.4, 0.5) is 0 Å². The Morgan fingerprint density at radius 1 is 1.48 bits per heavy atom. The van der Waals surface area contributed by atoms with Crippen LogP contribution in [-0.2, 0) is 5.60 Å². The predicted octanol–water partition coefficient (Wildman–Crippen LogP) is 1.71. The minimum absolute atomic E-state index is 0.270. The first kappa shape index (κ1) is 14.0. The number of hydrogen-bond acceptors (Lipinski definition) is 6. The van der Waals surface area contributed by atoms with Crippen LogP contribution in [0.1, 0.15) is 25.7 Å². The summed E-state index contributed by atoms with van der Waals surface area (Å²) in [6, 6.07) is 7.52. The molecule has 2 N–H and O–H groups in total. The first-order valence-corrected chi connectivity index (χ1v) is 7.22. The average Bonchev–Trinajstić information content (AvgIpc) is 2.99. The number of aromatic nitrogens is 2. The fourth-order valence-electron chi connectivity index (χ4n) is 2.49. The Balaban J connectivity index is 1.86. The van der Waals surface area contributed by atoms with Gasteiger partial charge in [-0.05, 0) is 38.4 Å². The number of hydrogen-bond donors (Lipinski definition) is 2. The van der Waals surface area contributed by atoms with Crippen LogP contribution in [0.15, 0.2) is 28.8 Å². The molecule has 0 saturated carbocycles. The van der Waals surface area contributed by atoms with E-state index in [-0.39, 0.29) is 5.89 Å². The summed E-state index contributed by atoms with van der Waals surface area (Å²) in [5.74, 6) is 1.50. The summed E-state index contributed by atoms with van der Waals surface area (Å²) < 4.78 is 10.7. The quantitative estimate of drug-likeness (QED) is 0.892.